The zero-order chi connectivity index (χ0) is 19.4. The van der Waals surface area contributed by atoms with Crippen molar-refractivity contribution in [3.63, 3.8) is 0 Å². The number of Topliss-reactive ketones (excluding diaryl/α,β-unsaturated/α-hetero) is 1. The summed E-state index contributed by atoms with van der Waals surface area (Å²) in [6, 6.07) is 0. The van der Waals surface area contributed by atoms with Crippen LogP contribution in [0.5, 0.6) is 0 Å². The summed E-state index contributed by atoms with van der Waals surface area (Å²) in [6.07, 6.45) is 11.9. The molecule has 4 heteroatoms. The minimum Gasteiger partial charge on any atom is -0.481 e. The van der Waals surface area contributed by atoms with Crippen LogP contribution in [-0.2, 0) is 9.59 Å². The Kier molecular flexibility index (Phi) is 4.73. The quantitative estimate of drug-likeness (QED) is 0.755. The van der Waals surface area contributed by atoms with Gasteiger partial charge in [0.1, 0.15) is 5.78 Å². The van der Waals surface area contributed by atoms with Gasteiger partial charge in [0.05, 0.1) is 0 Å². The zero-order valence-electron chi connectivity index (χ0n) is 17.1. The Morgan fingerprint density at radius 2 is 1.85 bits per heavy atom. The summed E-state index contributed by atoms with van der Waals surface area (Å²) in [6.45, 7) is 4.81. The third kappa shape index (κ3) is 2.81. The highest BCUT2D eigenvalue weighted by Gasteiger charge is 2.65. The number of carbonyl (C=O) groups is 2. The Morgan fingerprint density at radius 1 is 1.11 bits per heavy atom. The predicted molar refractivity (Wildman–Crippen MR) is 105 cm³/mol. The maximum atomic E-state index is 13.4. The van der Waals surface area contributed by atoms with Gasteiger partial charge in [-0.05, 0) is 80.0 Å². The lowest BCUT2D eigenvalue weighted by molar-refractivity contribution is -0.159. The molecule has 0 radical (unpaired) electrons. The summed E-state index contributed by atoms with van der Waals surface area (Å²) in [5, 5.41) is 8.98. The van der Waals surface area contributed by atoms with E-state index in [-0.39, 0.29) is 28.7 Å². The van der Waals surface area contributed by atoms with E-state index in [1.165, 1.54) is 32.1 Å². The Balaban J connectivity index is 1.57. The van der Waals surface area contributed by atoms with Crippen molar-refractivity contribution in [2.45, 2.75) is 96.4 Å². The van der Waals surface area contributed by atoms with Crippen molar-refractivity contribution in [2.24, 2.45) is 40.2 Å². The molecule has 0 saturated heterocycles. The molecule has 4 aliphatic rings. The van der Waals surface area contributed by atoms with Gasteiger partial charge in [0.2, 0.25) is 0 Å². The molecule has 0 aromatic carbocycles. The van der Waals surface area contributed by atoms with Crippen molar-refractivity contribution >= 4 is 11.8 Å². The van der Waals surface area contributed by atoms with E-state index in [1.54, 1.807) is 0 Å². The fourth-order valence-electron chi connectivity index (χ4n) is 8.13. The van der Waals surface area contributed by atoms with Crippen LogP contribution in [0, 0.1) is 34.5 Å². The number of carboxylic acid groups (broad SMARTS) is 1. The highest BCUT2D eigenvalue weighted by Crippen LogP contribution is 2.67. The Labute approximate surface area is 163 Å². The highest BCUT2D eigenvalue weighted by atomic mass is 16.4. The maximum absolute atomic E-state index is 13.4. The minimum atomic E-state index is -0.689. The number of carbonyl (C=O) groups excluding carboxylic acids is 1. The van der Waals surface area contributed by atoms with E-state index in [0.29, 0.717) is 30.0 Å². The van der Waals surface area contributed by atoms with Crippen LogP contribution in [0.4, 0.5) is 0 Å². The van der Waals surface area contributed by atoms with Crippen LogP contribution < -0.4 is 5.73 Å². The first-order valence-corrected chi connectivity index (χ1v) is 11.2. The summed E-state index contributed by atoms with van der Waals surface area (Å²) >= 11 is 0. The average molecular weight is 376 g/mol. The third-order valence-electron chi connectivity index (χ3n) is 9.80. The molecule has 3 N–H and O–H groups in total. The monoisotopic (exact) mass is 375 g/mol. The van der Waals surface area contributed by atoms with Crippen molar-refractivity contribution in [2.75, 3.05) is 0 Å². The second kappa shape index (κ2) is 6.57. The number of nitrogens with two attached hydrogens (primary N) is 1. The van der Waals surface area contributed by atoms with Crippen LogP contribution in [-0.4, -0.2) is 22.4 Å². The molecule has 27 heavy (non-hydrogen) atoms. The summed E-state index contributed by atoms with van der Waals surface area (Å²) in [4.78, 5) is 24.3. The first kappa shape index (κ1) is 19.4. The van der Waals surface area contributed by atoms with E-state index in [4.69, 9.17) is 10.8 Å². The van der Waals surface area contributed by atoms with Crippen LogP contribution in [0.2, 0.25) is 0 Å². The maximum Gasteiger partial charge on any atom is 0.303 e. The number of rotatable bonds is 4. The predicted octanol–water partition coefficient (Wildman–Crippen LogP) is 4.55. The first-order valence-electron chi connectivity index (χ1n) is 11.2. The lowest BCUT2D eigenvalue weighted by Crippen LogP contribution is -2.67. The molecule has 4 rings (SSSR count). The smallest absolute Gasteiger partial charge is 0.303 e. The lowest BCUT2D eigenvalue weighted by Gasteiger charge is -2.63. The van der Waals surface area contributed by atoms with Crippen molar-refractivity contribution < 1.29 is 14.7 Å². The molecule has 7 atom stereocenters. The Morgan fingerprint density at radius 3 is 2.59 bits per heavy atom. The van der Waals surface area contributed by atoms with Gasteiger partial charge in [-0.15, -0.1) is 0 Å². The molecule has 0 aliphatic heterocycles. The van der Waals surface area contributed by atoms with Crippen LogP contribution >= 0.6 is 0 Å². The SMILES string of the molecule is CC12CCC3C(C(=O)CC4(N)CCCCC34C)C1CCC2CCCC(=O)O. The van der Waals surface area contributed by atoms with Crippen molar-refractivity contribution in [1.29, 1.82) is 0 Å². The van der Waals surface area contributed by atoms with Gasteiger partial charge in [0, 0.05) is 24.3 Å². The average Bonchev–Trinajstić information content (AvgIpc) is 2.92. The fraction of sp³-hybridized carbons (Fsp3) is 0.913. The van der Waals surface area contributed by atoms with E-state index >= 15 is 0 Å². The largest absolute Gasteiger partial charge is 0.481 e. The van der Waals surface area contributed by atoms with Gasteiger partial charge in [-0.25, -0.2) is 0 Å². The van der Waals surface area contributed by atoms with Crippen molar-refractivity contribution in [1.82, 2.24) is 0 Å². The minimum absolute atomic E-state index is 0.118. The molecule has 0 spiro atoms. The van der Waals surface area contributed by atoms with Crippen LogP contribution in [0.15, 0.2) is 0 Å². The lowest BCUT2D eigenvalue weighted by atomic mass is 9.42. The fourth-order valence-corrected chi connectivity index (χ4v) is 8.13. The van der Waals surface area contributed by atoms with Gasteiger partial charge in [-0.1, -0.05) is 26.7 Å². The van der Waals surface area contributed by atoms with Gasteiger partial charge in [-0.2, -0.15) is 0 Å². The molecule has 4 saturated carbocycles. The van der Waals surface area contributed by atoms with Gasteiger partial charge in [0.15, 0.2) is 0 Å². The van der Waals surface area contributed by atoms with E-state index in [2.05, 4.69) is 13.8 Å². The molecule has 0 aromatic heterocycles. The normalized spacial score (nSPS) is 49.2. The van der Waals surface area contributed by atoms with Gasteiger partial charge in [0.25, 0.3) is 0 Å². The van der Waals surface area contributed by atoms with Gasteiger partial charge >= 0.3 is 5.97 Å². The first-order chi connectivity index (χ1) is 12.7. The standard InChI is InChI=1S/C23H37NO3/c1-21-13-10-17-20(16(21)9-8-15(21)6-5-7-19(26)27)18(25)14-23(24)12-4-3-11-22(17,23)2/h15-17,20H,3-14,24H2,1-2H3,(H,26,27). The molecule has 0 bridgehead atoms. The number of aliphatic carboxylic acids is 1. The molecule has 0 aromatic rings. The Bertz CT molecular complexity index is 633. The molecule has 152 valence electrons. The molecular weight excluding hydrogens is 338 g/mol. The number of ketones is 1. The summed E-state index contributed by atoms with van der Waals surface area (Å²) in [7, 11) is 0. The van der Waals surface area contributed by atoms with E-state index in [0.717, 1.165) is 32.1 Å². The van der Waals surface area contributed by atoms with E-state index in [9.17, 15) is 9.59 Å². The molecule has 4 aliphatic carbocycles. The van der Waals surface area contributed by atoms with E-state index in [1.807, 2.05) is 0 Å². The topological polar surface area (TPSA) is 80.4 Å². The summed E-state index contributed by atoms with van der Waals surface area (Å²) in [5.74, 6) is 1.49. The van der Waals surface area contributed by atoms with Crippen LogP contribution in [0.1, 0.15) is 90.9 Å². The zero-order valence-corrected chi connectivity index (χ0v) is 17.1. The van der Waals surface area contributed by atoms with Crippen LogP contribution in [0.25, 0.3) is 0 Å². The molecule has 0 amide bonds. The molecule has 7 unspecified atom stereocenters. The molecule has 0 heterocycles. The van der Waals surface area contributed by atoms with Crippen molar-refractivity contribution in [3.05, 3.63) is 0 Å². The van der Waals surface area contributed by atoms with E-state index < -0.39 is 5.97 Å². The Hall–Kier alpha value is -0.900. The number of carboxylic acids is 1. The molecule has 4 nitrogen and oxygen atoms in total. The highest BCUT2D eigenvalue weighted by molar-refractivity contribution is 5.84. The number of fused-ring (bicyclic) bond motifs is 5. The summed E-state index contributed by atoms with van der Waals surface area (Å²) in [5.41, 5.74) is 6.96. The van der Waals surface area contributed by atoms with Crippen LogP contribution in [0.3, 0.4) is 0 Å². The van der Waals surface area contributed by atoms with Gasteiger partial charge in [-0.3, -0.25) is 9.59 Å². The number of hydrogen-bond donors (Lipinski definition) is 2. The second-order valence-corrected chi connectivity index (χ2v) is 10.8. The van der Waals surface area contributed by atoms with Gasteiger partial charge < -0.3 is 10.8 Å². The third-order valence-corrected chi connectivity index (χ3v) is 9.80. The molecular formula is C23H37NO3. The van der Waals surface area contributed by atoms with Crippen molar-refractivity contribution in [3.8, 4) is 0 Å². The number of hydrogen-bond acceptors (Lipinski definition) is 3. The molecule has 4 fully saturated rings. The summed E-state index contributed by atoms with van der Waals surface area (Å²) < 4.78 is 0. The second-order valence-electron chi connectivity index (χ2n) is 10.8.